The zero-order valence-corrected chi connectivity index (χ0v) is 13.2. The molecule has 2 rings (SSSR count). The van der Waals surface area contributed by atoms with E-state index in [4.69, 9.17) is 0 Å². The van der Waals surface area contributed by atoms with Crippen molar-refractivity contribution in [3.05, 3.63) is 11.6 Å². The maximum absolute atomic E-state index is 10.1. The van der Waals surface area contributed by atoms with Crippen molar-refractivity contribution in [2.75, 3.05) is 13.6 Å². The summed E-state index contributed by atoms with van der Waals surface area (Å²) in [7, 11) is 4.14. The predicted octanol–water partition coefficient (Wildman–Crippen LogP) is 1.92. The Bertz CT molecular complexity index is 430. The van der Waals surface area contributed by atoms with Gasteiger partial charge in [-0.3, -0.25) is 4.90 Å². The molecule has 0 amide bonds. The summed E-state index contributed by atoms with van der Waals surface area (Å²) in [5.74, 6) is 2.84. The van der Waals surface area contributed by atoms with Crippen LogP contribution in [0.3, 0.4) is 0 Å². The largest absolute Gasteiger partial charge is 0.393 e. The van der Waals surface area contributed by atoms with Gasteiger partial charge in [-0.1, -0.05) is 26.7 Å². The molecule has 20 heavy (non-hydrogen) atoms. The van der Waals surface area contributed by atoms with Crippen molar-refractivity contribution in [2.45, 2.75) is 58.1 Å². The molecule has 1 aromatic heterocycles. The standard InChI is InChI=1S/C15H28N4O/c1-11(2)15-17-16-14(19(15)4)10-18(3)9-12-7-5-6-8-13(12)20/h11-13,20H,5-10H2,1-4H3. The third-order valence-electron chi connectivity index (χ3n) is 4.34. The van der Waals surface area contributed by atoms with Crippen molar-refractivity contribution >= 4 is 0 Å². The highest BCUT2D eigenvalue weighted by Gasteiger charge is 2.24. The molecule has 1 fully saturated rings. The van der Waals surface area contributed by atoms with Crippen LogP contribution in [0.4, 0.5) is 0 Å². The summed E-state index contributed by atoms with van der Waals surface area (Å²) in [5.41, 5.74) is 0. The van der Waals surface area contributed by atoms with Gasteiger partial charge in [0.1, 0.15) is 11.6 Å². The van der Waals surface area contributed by atoms with E-state index in [1.807, 2.05) is 7.05 Å². The highest BCUT2D eigenvalue weighted by atomic mass is 16.3. The van der Waals surface area contributed by atoms with Gasteiger partial charge >= 0.3 is 0 Å². The van der Waals surface area contributed by atoms with Gasteiger partial charge in [-0.25, -0.2) is 0 Å². The lowest BCUT2D eigenvalue weighted by molar-refractivity contribution is 0.0496. The molecule has 1 aliphatic rings. The van der Waals surface area contributed by atoms with Crippen LogP contribution in [0, 0.1) is 5.92 Å². The van der Waals surface area contributed by atoms with E-state index in [0.717, 1.165) is 37.6 Å². The van der Waals surface area contributed by atoms with Crippen LogP contribution in [-0.2, 0) is 13.6 Å². The Morgan fingerprint density at radius 3 is 2.60 bits per heavy atom. The smallest absolute Gasteiger partial charge is 0.146 e. The molecule has 1 N–H and O–H groups in total. The van der Waals surface area contributed by atoms with Crippen LogP contribution in [0.1, 0.15) is 57.1 Å². The van der Waals surface area contributed by atoms with Gasteiger partial charge in [-0.15, -0.1) is 10.2 Å². The summed E-state index contributed by atoms with van der Waals surface area (Å²) in [6.07, 6.45) is 4.39. The van der Waals surface area contributed by atoms with Crippen molar-refractivity contribution < 1.29 is 5.11 Å². The molecular weight excluding hydrogens is 252 g/mol. The lowest BCUT2D eigenvalue weighted by Gasteiger charge is -2.31. The number of nitrogens with zero attached hydrogens (tertiary/aromatic N) is 4. The highest BCUT2D eigenvalue weighted by Crippen LogP contribution is 2.25. The van der Waals surface area contributed by atoms with Crippen LogP contribution < -0.4 is 0 Å². The first-order chi connectivity index (χ1) is 9.49. The minimum atomic E-state index is -0.128. The minimum Gasteiger partial charge on any atom is -0.393 e. The first kappa shape index (κ1) is 15.4. The normalized spacial score (nSPS) is 23.8. The maximum Gasteiger partial charge on any atom is 0.146 e. The van der Waals surface area contributed by atoms with Gasteiger partial charge in [0.25, 0.3) is 0 Å². The fraction of sp³-hybridized carbons (Fsp3) is 0.867. The van der Waals surface area contributed by atoms with Crippen molar-refractivity contribution in [2.24, 2.45) is 13.0 Å². The van der Waals surface area contributed by atoms with E-state index < -0.39 is 0 Å². The van der Waals surface area contributed by atoms with Crippen LogP contribution in [0.2, 0.25) is 0 Å². The summed E-state index contributed by atoms with van der Waals surface area (Å²) >= 11 is 0. The zero-order chi connectivity index (χ0) is 14.7. The zero-order valence-electron chi connectivity index (χ0n) is 13.2. The lowest BCUT2D eigenvalue weighted by atomic mass is 9.86. The Kier molecular flexibility index (Phi) is 5.16. The van der Waals surface area contributed by atoms with Gasteiger partial charge in [-0.2, -0.15) is 0 Å². The molecule has 5 heteroatoms. The summed E-state index contributed by atoms with van der Waals surface area (Å²) in [4.78, 5) is 2.26. The fourth-order valence-electron chi connectivity index (χ4n) is 3.12. The summed E-state index contributed by atoms with van der Waals surface area (Å²) < 4.78 is 2.10. The Morgan fingerprint density at radius 1 is 1.30 bits per heavy atom. The molecule has 114 valence electrons. The Morgan fingerprint density at radius 2 is 2.00 bits per heavy atom. The van der Waals surface area contributed by atoms with Crippen LogP contribution in [0.15, 0.2) is 0 Å². The molecule has 0 radical (unpaired) electrons. The molecule has 1 aliphatic carbocycles. The van der Waals surface area contributed by atoms with E-state index >= 15 is 0 Å². The Hall–Kier alpha value is -0.940. The average molecular weight is 280 g/mol. The van der Waals surface area contributed by atoms with E-state index in [1.54, 1.807) is 0 Å². The second-order valence-corrected chi connectivity index (χ2v) is 6.50. The topological polar surface area (TPSA) is 54.2 Å². The van der Waals surface area contributed by atoms with Crippen molar-refractivity contribution in [3.8, 4) is 0 Å². The van der Waals surface area contributed by atoms with Gasteiger partial charge in [0.15, 0.2) is 0 Å². The fourth-order valence-corrected chi connectivity index (χ4v) is 3.12. The SMILES string of the molecule is CC(C)c1nnc(CN(C)CC2CCCCC2O)n1C. The molecule has 0 bridgehead atoms. The highest BCUT2D eigenvalue weighted by molar-refractivity contribution is 4.99. The second kappa shape index (κ2) is 6.68. The molecule has 1 aromatic rings. The minimum absolute atomic E-state index is 0.128. The first-order valence-corrected chi connectivity index (χ1v) is 7.73. The molecule has 0 spiro atoms. The van der Waals surface area contributed by atoms with Crippen molar-refractivity contribution in [1.29, 1.82) is 0 Å². The monoisotopic (exact) mass is 280 g/mol. The second-order valence-electron chi connectivity index (χ2n) is 6.50. The summed E-state index contributed by atoms with van der Waals surface area (Å²) in [5, 5.41) is 18.6. The first-order valence-electron chi connectivity index (χ1n) is 7.73. The third kappa shape index (κ3) is 3.58. The van der Waals surface area contributed by atoms with Gasteiger partial charge < -0.3 is 9.67 Å². The van der Waals surface area contributed by atoms with E-state index in [1.165, 1.54) is 12.8 Å². The van der Waals surface area contributed by atoms with Gasteiger partial charge in [0, 0.05) is 19.5 Å². The molecule has 5 nitrogen and oxygen atoms in total. The molecule has 0 saturated heterocycles. The van der Waals surface area contributed by atoms with Crippen molar-refractivity contribution in [1.82, 2.24) is 19.7 Å². The average Bonchev–Trinajstić information content (AvgIpc) is 2.74. The number of hydrogen-bond donors (Lipinski definition) is 1. The van der Waals surface area contributed by atoms with Gasteiger partial charge in [0.2, 0.25) is 0 Å². The number of aliphatic hydroxyl groups excluding tert-OH is 1. The van der Waals surface area contributed by atoms with Crippen LogP contribution in [0.5, 0.6) is 0 Å². The number of aromatic nitrogens is 3. The summed E-state index contributed by atoms with van der Waals surface area (Å²) in [6.45, 7) is 6.00. The van der Waals surface area contributed by atoms with Crippen molar-refractivity contribution in [3.63, 3.8) is 0 Å². The molecule has 0 aromatic carbocycles. The van der Waals surface area contributed by atoms with Crippen LogP contribution in [-0.4, -0.2) is 44.5 Å². The van der Waals surface area contributed by atoms with Crippen LogP contribution >= 0.6 is 0 Å². The molecular formula is C15H28N4O. The number of hydrogen-bond acceptors (Lipinski definition) is 4. The van der Waals surface area contributed by atoms with Gasteiger partial charge in [0.05, 0.1) is 12.6 Å². The molecule has 2 atom stereocenters. The molecule has 2 unspecified atom stereocenters. The van der Waals surface area contributed by atoms with Crippen LogP contribution in [0.25, 0.3) is 0 Å². The Balaban J connectivity index is 1.92. The quantitative estimate of drug-likeness (QED) is 0.895. The van der Waals surface area contributed by atoms with E-state index in [9.17, 15) is 5.11 Å². The predicted molar refractivity (Wildman–Crippen MR) is 79.4 cm³/mol. The number of aliphatic hydroxyl groups is 1. The van der Waals surface area contributed by atoms with Gasteiger partial charge in [-0.05, 0) is 25.8 Å². The maximum atomic E-state index is 10.1. The molecule has 0 aliphatic heterocycles. The third-order valence-corrected chi connectivity index (χ3v) is 4.34. The van der Waals surface area contributed by atoms with E-state index in [2.05, 4.69) is 40.6 Å². The lowest BCUT2D eigenvalue weighted by Crippen LogP contribution is -2.35. The number of rotatable bonds is 5. The van der Waals surface area contributed by atoms with E-state index in [0.29, 0.717) is 11.8 Å². The Labute approximate surface area is 122 Å². The summed E-state index contributed by atoms with van der Waals surface area (Å²) in [6, 6.07) is 0. The van der Waals surface area contributed by atoms with E-state index in [-0.39, 0.29) is 6.10 Å². The molecule has 1 saturated carbocycles. The molecule has 1 heterocycles.